The maximum absolute atomic E-state index is 5.89. The van der Waals surface area contributed by atoms with Crippen molar-refractivity contribution in [1.29, 1.82) is 0 Å². The zero-order chi connectivity index (χ0) is 18.9. The molecule has 5 rings (SSSR count). The van der Waals surface area contributed by atoms with E-state index in [0.29, 0.717) is 12.6 Å². The van der Waals surface area contributed by atoms with E-state index in [1.54, 1.807) is 6.20 Å². The summed E-state index contributed by atoms with van der Waals surface area (Å²) in [6.45, 7) is 2.36. The second kappa shape index (κ2) is 6.88. The smallest absolute Gasteiger partial charge is 0.317 e. The number of ether oxygens (including phenoxy) is 1. The standard InChI is InChI=1S/C22H19N5O/c1-15-20(25-21-17-8-6-11-23-19(17)10-12-27(15)21)14-28-22-24-13-16-7-4-2-3-5-9-18(16)26-22/h2-3,5-6,8-13H,4,7,14H2,1H3. The van der Waals surface area contributed by atoms with Crippen LogP contribution in [0, 0.1) is 6.92 Å². The number of pyridine rings is 2. The molecule has 1 aliphatic rings. The molecule has 0 unspecified atom stereocenters. The van der Waals surface area contributed by atoms with Gasteiger partial charge in [0.15, 0.2) is 0 Å². The van der Waals surface area contributed by atoms with Crippen molar-refractivity contribution in [2.24, 2.45) is 0 Å². The third-order valence-electron chi connectivity index (χ3n) is 5.00. The molecular weight excluding hydrogens is 350 g/mol. The van der Waals surface area contributed by atoms with Crippen LogP contribution in [0.1, 0.15) is 29.1 Å². The molecular formula is C22H19N5O. The van der Waals surface area contributed by atoms with E-state index in [0.717, 1.165) is 52.0 Å². The van der Waals surface area contributed by atoms with Crippen LogP contribution in [0.4, 0.5) is 0 Å². The number of rotatable bonds is 3. The lowest BCUT2D eigenvalue weighted by Gasteiger charge is -2.08. The van der Waals surface area contributed by atoms with Gasteiger partial charge in [0.2, 0.25) is 0 Å². The molecule has 0 aliphatic heterocycles. The van der Waals surface area contributed by atoms with Crippen molar-refractivity contribution in [2.45, 2.75) is 26.4 Å². The van der Waals surface area contributed by atoms with E-state index >= 15 is 0 Å². The Labute approximate surface area is 162 Å². The van der Waals surface area contributed by atoms with Crippen LogP contribution in [0.2, 0.25) is 0 Å². The Morgan fingerprint density at radius 3 is 3.07 bits per heavy atom. The highest BCUT2D eigenvalue weighted by molar-refractivity contribution is 5.91. The molecule has 138 valence electrons. The van der Waals surface area contributed by atoms with Crippen molar-refractivity contribution in [3.63, 3.8) is 0 Å². The third kappa shape index (κ3) is 2.93. The van der Waals surface area contributed by atoms with Gasteiger partial charge in [0.1, 0.15) is 12.3 Å². The minimum atomic E-state index is 0.317. The molecule has 28 heavy (non-hydrogen) atoms. The molecule has 0 radical (unpaired) electrons. The molecule has 4 heterocycles. The Kier molecular flexibility index (Phi) is 4.09. The van der Waals surface area contributed by atoms with Crippen LogP contribution in [-0.4, -0.2) is 24.3 Å². The molecule has 0 amide bonds. The largest absolute Gasteiger partial charge is 0.457 e. The summed E-state index contributed by atoms with van der Waals surface area (Å²) in [5.74, 6) is 0. The molecule has 0 saturated carbocycles. The van der Waals surface area contributed by atoms with Gasteiger partial charge in [-0.3, -0.25) is 4.98 Å². The fourth-order valence-corrected chi connectivity index (χ4v) is 3.46. The zero-order valence-corrected chi connectivity index (χ0v) is 15.5. The number of allylic oxidation sites excluding steroid dienone is 3. The van der Waals surface area contributed by atoms with Crippen molar-refractivity contribution in [3.8, 4) is 6.01 Å². The molecule has 6 nitrogen and oxygen atoms in total. The first kappa shape index (κ1) is 16.6. The molecule has 6 heteroatoms. The summed E-state index contributed by atoms with van der Waals surface area (Å²) in [7, 11) is 0. The van der Waals surface area contributed by atoms with Gasteiger partial charge in [0.25, 0.3) is 0 Å². The summed E-state index contributed by atoms with van der Waals surface area (Å²) in [6, 6.07) is 6.33. The van der Waals surface area contributed by atoms with E-state index in [-0.39, 0.29) is 0 Å². The van der Waals surface area contributed by atoms with Gasteiger partial charge in [-0.25, -0.2) is 9.97 Å². The van der Waals surface area contributed by atoms with Crippen molar-refractivity contribution in [2.75, 3.05) is 0 Å². The normalized spacial score (nSPS) is 13.5. The van der Waals surface area contributed by atoms with Gasteiger partial charge in [0.05, 0.1) is 16.9 Å². The fraction of sp³-hybridized carbons (Fsp3) is 0.182. The molecule has 0 bridgehead atoms. The predicted octanol–water partition coefficient (Wildman–Crippen LogP) is 4.08. The van der Waals surface area contributed by atoms with Crippen LogP contribution in [0.3, 0.4) is 0 Å². The molecule has 0 N–H and O–H groups in total. The molecule has 0 aromatic carbocycles. The van der Waals surface area contributed by atoms with Gasteiger partial charge < -0.3 is 9.14 Å². The van der Waals surface area contributed by atoms with E-state index in [9.17, 15) is 0 Å². The van der Waals surface area contributed by atoms with Crippen LogP contribution in [-0.2, 0) is 13.0 Å². The SMILES string of the molecule is Cc1c(COc2ncc3c(n2)C=CC=CCC3)nc2c3cccnc3ccn12. The van der Waals surface area contributed by atoms with Crippen molar-refractivity contribution in [3.05, 3.63) is 77.7 Å². The second-order valence-corrected chi connectivity index (χ2v) is 6.77. The Morgan fingerprint density at radius 2 is 2.11 bits per heavy atom. The van der Waals surface area contributed by atoms with Crippen molar-refractivity contribution in [1.82, 2.24) is 24.3 Å². The summed E-state index contributed by atoms with van der Waals surface area (Å²) in [5, 5.41) is 1.02. The zero-order valence-electron chi connectivity index (χ0n) is 15.5. The summed E-state index contributed by atoms with van der Waals surface area (Å²) >= 11 is 0. The fourth-order valence-electron chi connectivity index (χ4n) is 3.46. The van der Waals surface area contributed by atoms with Gasteiger partial charge in [0, 0.05) is 29.7 Å². The molecule has 0 fully saturated rings. The molecule has 4 aromatic rings. The quantitative estimate of drug-likeness (QED) is 0.544. The Hall–Kier alpha value is -3.54. The summed E-state index contributed by atoms with van der Waals surface area (Å²) < 4.78 is 7.96. The van der Waals surface area contributed by atoms with Crippen LogP contribution >= 0.6 is 0 Å². The van der Waals surface area contributed by atoms with E-state index < -0.39 is 0 Å². The van der Waals surface area contributed by atoms with E-state index in [4.69, 9.17) is 9.72 Å². The van der Waals surface area contributed by atoms with Gasteiger partial charge in [-0.2, -0.15) is 4.98 Å². The Balaban J connectivity index is 1.45. The lowest BCUT2D eigenvalue weighted by Crippen LogP contribution is -2.04. The van der Waals surface area contributed by atoms with Crippen LogP contribution in [0.25, 0.3) is 22.6 Å². The lowest BCUT2D eigenvalue weighted by atomic mass is 10.1. The minimum Gasteiger partial charge on any atom is -0.457 e. The second-order valence-electron chi connectivity index (χ2n) is 6.77. The number of aryl methyl sites for hydroxylation is 2. The average molecular weight is 369 g/mol. The topological polar surface area (TPSA) is 65.2 Å². The number of fused-ring (bicyclic) bond motifs is 4. The first-order chi connectivity index (χ1) is 13.8. The molecule has 0 saturated heterocycles. The average Bonchev–Trinajstić information content (AvgIpc) is 3.03. The van der Waals surface area contributed by atoms with E-state index in [2.05, 4.69) is 25.4 Å². The monoisotopic (exact) mass is 369 g/mol. The lowest BCUT2D eigenvalue weighted by molar-refractivity contribution is 0.275. The van der Waals surface area contributed by atoms with E-state index in [1.165, 1.54) is 0 Å². The van der Waals surface area contributed by atoms with Crippen molar-refractivity contribution >= 4 is 22.6 Å². The molecule has 0 atom stereocenters. The number of nitrogens with zero attached hydrogens (tertiary/aromatic N) is 5. The van der Waals surface area contributed by atoms with Crippen LogP contribution in [0.15, 0.2) is 55.0 Å². The maximum atomic E-state index is 5.89. The molecule has 4 aromatic heterocycles. The van der Waals surface area contributed by atoms with Gasteiger partial charge in [-0.1, -0.05) is 18.2 Å². The third-order valence-corrected chi connectivity index (χ3v) is 5.00. The summed E-state index contributed by atoms with van der Waals surface area (Å²) in [4.78, 5) is 18.1. The molecule has 1 aliphatic carbocycles. The highest BCUT2D eigenvalue weighted by Crippen LogP contribution is 2.22. The summed E-state index contributed by atoms with van der Waals surface area (Å²) in [6.07, 6.45) is 15.8. The number of hydrogen-bond acceptors (Lipinski definition) is 5. The van der Waals surface area contributed by atoms with E-state index in [1.807, 2.05) is 55.7 Å². The first-order valence-electron chi connectivity index (χ1n) is 9.33. The number of imidazole rings is 1. The Morgan fingerprint density at radius 1 is 1.14 bits per heavy atom. The van der Waals surface area contributed by atoms with Gasteiger partial charge in [-0.15, -0.1) is 0 Å². The number of hydrogen-bond donors (Lipinski definition) is 0. The van der Waals surface area contributed by atoms with Gasteiger partial charge in [-0.05, 0) is 49.6 Å². The van der Waals surface area contributed by atoms with Crippen LogP contribution in [0.5, 0.6) is 6.01 Å². The highest BCUT2D eigenvalue weighted by Gasteiger charge is 2.13. The highest BCUT2D eigenvalue weighted by atomic mass is 16.5. The van der Waals surface area contributed by atoms with Gasteiger partial charge >= 0.3 is 6.01 Å². The van der Waals surface area contributed by atoms with Crippen LogP contribution < -0.4 is 4.74 Å². The van der Waals surface area contributed by atoms with Crippen molar-refractivity contribution < 1.29 is 4.74 Å². The first-order valence-corrected chi connectivity index (χ1v) is 9.33. The Bertz CT molecular complexity index is 1240. The molecule has 0 spiro atoms. The minimum absolute atomic E-state index is 0.317. The predicted molar refractivity (Wildman–Crippen MR) is 108 cm³/mol. The maximum Gasteiger partial charge on any atom is 0.317 e. The summed E-state index contributed by atoms with van der Waals surface area (Å²) in [5.41, 5.74) is 5.77. The number of aromatic nitrogens is 5.